The minimum Gasteiger partial charge on any atom is -0.504 e. The Morgan fingerprint density at radius 2 is 1.65 bits per heavy atom. The number of rotatable bonds is 6. The van der Waals surface area contributed by atoms with E-state index in [1.54, 1.807) is 6.07 Å². The summed E-state index contributed by atoms with van der Waals surface area (Å²) in [5.74, 6) is 2.60. The first-order valence-corrected chi connectivity index (χ1v) is 14.6. The minimum atomic E-state index is -0.323. The Labute approximate surface area is 250 Å². The molecule has 8 heteroatoms. The molecule has 2 N–H and O–H groups in total. The fourth-order valence-electron chi connectivity index (χ4n) is 5.79. The van der Waals surface area contributed by atoms with Crippen molar-refractivity contribution in [3.05, 3.63) is 119 Å². The number of anilines is 2. The molecular formula is C35H32N6O2. The van der Waals surface area contributed by atoms with E-state index in [1.807, 2.05) is 79.2 Å². The molecule has 8 nitrogen and oxygen atoms in total. The molecule has 0 aliphatic carbocycles. The van der Waals surface area contributed by atoms with E-state index in [1.165, 1.54) is 5.56 Å². The average Bonchev–Trinajstić information content (AvgIpc) is 3.38. The predicted octanol–water partition coefficient (Wildman–Crippen LogP) is 7.64. The molecule has 3 heterocycles. The lowest BCUT2D eigenvalue weighted by Gasteiger charge is -2.40. The molecule has 7 rings (SSSR count). The number of aromatic hydroxyl groups is 1. The van der Waals surface area contributed by atoms with Gasteiger partial charge in [0.15, 0.2) is 29.0 Å². The van der Waals surface area contributed by atoms with Gasteiger partial charge in [0, 0.05) is 11.3 Å². The molecule has 0 unspecified atom stereocenters. The Kier molecular flexibility index (Phi) is 6.66. The lowest BCUT2D eigenvalue weighted by atomic mass is 9.93. The molecule has 1 aromatic heterocycles. The molecule has 0 fully saturated rings. The van der Waals surface area contributed by atoms with Crippen LogP contribution in [0.2, 0.25) is 0 Å². The third kappa shape index (κ3) is 4.61. The van der Waals surface area contributed by atoms with Crippen molar-refractivity contribution in [1.29, 1.82) is 0 Å². The monoisotopic (exact) mass is 568 g/mol. The van der Waals surface area contributed by atoms with Gasteiger partial charge in [-0.1, -0.05) is 55.5 Å². The maximum Gasteiger partial charge on any atom is 0.179 e. The van der Waals surface area contributed by atoms with Gasteiger partial charge in [0.2, 0.25) is 0 Å². The Balaban J connectivity index is 1.47. The largest absolute Gasteiger partial charge is 0.504 e. The number of aromatic nitrogens is 2. The lowest BCUT2D eigenvalue weighted by Crippen LogP contribution is -2.46. The van der Waals surface area contributed by atoms with E-state index < -0.39 is 0 Å². The van der Waals surface area contributed by atoms with Gasteiger partial charge in [-0.05, 0) is 79.9 Å². The zero-order valence-electron chi connectivity index (χ0n) is 24.3. The van der Waals surface area contributed by atoms with Crippen LogP contribution in [-0.2, 0) is 6.42 Å². The summed E-state index contributed by atoms with van der Waals surface area (Å²) in [6.07, 6.45) is 0.971. The number of hydrogen-bond donors (Lipinski definition) is 2. The molecule has 0 saturated carbocycles. The number of ether oxygens (including phenoxy) is 1. The number of phenols is 1. The fourth-order valence-corrected chi connectivity index (χ4v) is 5.79. The van der Waals surface area contributed by atoms with Crippen LogP contribution in [0.5, 0.6) is 11.5 Å². The molecule has 0 amide bonds. The van der Waals surface area contributed by atoms with Crippen LogP contribution in [0.3, 0.4) is 0 Å². The van der Waals surface area contributed by atoms with Crippen molar-refractivity contribution in [2.45, 2.75) is 33.2 Å². The molecule has 0 radical (unpaired) electrons. The van der Waals surface area contributed by atoms with Crippen LogP contribution in [0.4, 0.5) is 22.9 Å². The zero-order valence-corrected chi connectivity index (χ0v) is 24.3. The van der Waals surface area contributed by atoms with Gasteiger partial charge in [-0.25, -0.2) is 14.7 Å². The number of aliphatic imine (C=N–C) groups is 2. The summed E-state index contributed by atoms with van der Waals surface area (Å²) >= 11 is 0. The number of fused-ring (bicyclic) bond motifs is 4. The summed E-state index contributed by atoms with van der Waals surface area (Å²) < 4.78 is 7.73. The number of benzene rings is 4. The smallest absolute Gasteiger partial charge is 0.179 e. The summed E-state index contributed by atoms with van der Waals surface area (Å²) in [5.41, 5.74) is 7.65. The highest BCUT2D eigenvalue weighted by atomic mass is 16.5. The quantitative estimate of drug-likeness (QED) is 0.220. The topological polar surface area (TPSA) is 87.3 Å². The number of para-hydroxylation sites is 3. The van der Waals surface area contributed by atoms with Crippen LogP contribution in [0.15, 0.2) is 107 Å². The maximum absolute atomic E-state index is 10.6. The number of hydrogen-bond acceptors (Lipinski definition) is 7. The lowest BCUT2D eigenvalue weighted by molar-refractivity contribution is 0.317. The van der Waals surface area contributed by atoms with Crippen molar-refractivity contribution < 1.29 is 9.84 Å². The normalized spacial score (nSPS) is 15.1. The maximum atomic E-state index is 10.6. The van der Waals surface area contributed by atoms with Crippen LogP contribution in [0, 0.1) is 6.92 Å². The number of aryl methyl sites for hydroxylation is 2. The van der Waals surface area contributed by atoms with Crippen molar-refractivity contribution >= 4 is 34.6 Å². The van der Waals surface area contributed by atoms with Gasteiger partial charge in [0.1, 0.15) is 0 Å². The van der Waals surface area contributed by atoms with Crippen molar-refractivity contribution in [2.75, 3.05) is 16.8 Å². The van der Waals surface area contributed by atoms with Crippen LogP contribution >= 0.6 is 0 Å². The second-order valence-corrected chi connectivity index (χ2v) is 10.6. The fraction of sp³-hybridized carbons (Fsp3) is 0.171. The standard InChI is InChI=1S/C35H32N6O2/c1-4-23-15-18-25(19-16-23)36-33-35-38-34-31(22(3)39-41(34)26-11-7-6-8-12-26)32(24-17-20-29(42)30(21-24)43-5-2)40(35)28-14-10-9-13-27(28)37-33/h6-21,32,42H,4-5H2,1-3H3,(H,36,37)/t32-/m1/s1. The van der Waals surface area contributed by atoms with Crippen LogP contribution in [0.25, 0.3) is 5.69 Å². The van der Waals surface area contributed by atoms with Gasteiger partial charge in [-0.3, -0.25) is 0 Å². The highest BCUT2D eigenvalue weighted by Gasteiger charge is 2.41. The van der Waals surface area contributed by atoms with Crippen LogP contribution in [-0.4, -0.2) is 33.2 Å². The average molecular weight is 569 g/mol. The third-order valence-corrected chi connectivity index (χ3v) is 7.86. The van der Waals surface area contributed by atoms with Crippen molar-refractivity contribution in [1.82, 2.24) is 9.78 Å². The van der Waals surface area contributed by atoms with E-state index in [9.17, 15) is 5.11 Å². The van der Waals surface area contributed by atoms with Crippen molar-refractivity contribution in [3.8, 4) is 17.2 Å². The Morgan fingerprint density at radius 1 is 0.884 bits per heavy atom. The summed E-state index contributed by atoms with van der Waals surface area (Å²) in [4.78, 5) is 12.6. The van der Waals surface area contributed by atoms with E-state index in [2.05, 4.69) is 47.5 Å². The van der Waals surface area contributed by atoms with Crippen LogP contribution < -0.4 is 15.0 Å². The molecule has 0 spiro atoms. The van der Waals surface area contributed by atoms with Gasteiger partial charge in [0.05, 0.1) is 35.4 Å². The second kappa shape index (κ2) is 10.8. The van der Waals surface area contributed by atoms with E-state index in [4.69, 9.17) is 19.8 Å². The molecule has 2 aliphatic heterocycles. The number of phenolic OH excluding ortho intramolecular Hbond substituents is 1. The summed E-state index contributed by atoms with van der Waals surface area (Å²) in [5, 5.41) is 19.2. The predicted molar refractivity (Wildman–Crippen MR) is 172 cm³/mol. The van der Waals surface area contributed by atoms with Crippen molar-refractivity contribution in [2.24, 2.45) is 9.98 Å². The first-order chi connectivity index (χ1) is 21.1. The zero-order chi connectivity index (χ0) is 29.5. The highest BCUT2D eigenvalue weighted by molar-refractivity contribution is 6.51. The molecular weight excluding hydrogens is 536 g/mol. The van der Waals surface area contributed by atoms with Gasteiger partial charge >= 0.3 is 0 Å². The minimum absolute atomic E-state index is 0.103. The molecule has 1 atom stereocenters. The van der Waals surface area contributed by atoms with Crippen molar-refractivity contribution in [3.63, 3.8) is 0 Å². The van der Waals surface area contributed by atoms with Gasteiger partial charge < -0.3 is 20.1 Å². The van der Waals surface area contributed by atoms with Gasteiger partial charge in [-0.2, -0.15) is 5.10 Å². The molecule has 0 bridgehead atoms. The molecule has 5 aromatic rings. The van der Waals surface area contributed by atoms with E-state index in [0.717, 1.165) is 51.8 Å². The molecule has 4 aromatic carbocycles. The Hall–Kier alpha value is -5.37. The first kappa shape index (κ1) is 26.5. The van der Waals surface area contributed by atoms with E-state index in [0.29, 0.717) is 24.0 Å². The van der Waals surface area contributed by atoms with E-state index >= 15 is 0 Å². The number of nitrogens with zero attached hydrogens (tertiary/aromatic N) is 5. The first-order valence-electron chi connectivity index (χ1n) is 14.6. The van der Waals surface area contributed by atoms with Gasteiger partial charge in [-0.15, -0.1) is 0 Å². The number of amidine groups is 2. The van der Waals surface area contributed by atoms with E-state index in [-0.39, 0.29) is 11.8 Å². The molecule has 0 saturated heterocycles. The Bertz CT molecular complexity index is 1870. The Morgan fingerprint density at radius 3 is 2.42 bits per heavy atom. The molecule has 214 valence electrons. The second-order valence-electron chi connectivity index (χ2n) is 10.6. The number of nitrogens with one attached hydrogen (secondary N) is 1. The molecule has 43 heavy (non-hydrogen) atoms. The third-order valence-electron chi connectivity index (χ3n) is 7.86. The summed E-state index contributed by atoms with van der Waals surface area (Å²) in [7, 11) is 0. The summed E-state index contributed by atoms with van der Waals surface area (Å²) in [6, 6.07) is 31.8. The highest BCUT2D eigenvalue weighted by Crippen LogP contribution is 2.49. The SMILES string of the molecule is CCOc1cc([C@@H]2c3c(C)nn(-c4ccccc4)c3N=C3C(Nc4ccc(CC)cc4)=Nc4ccccc4N32)ccc1O. The molecule has 2 aliphatic rings. The summed E-state index contributed by atoms with van der Waals surface area (Å²) in [6.45, 7) is 6.52. The van der Waals surface area contributed by atoms with Gasteiger partial charge in [0.25, 0.3) is 0 Å². The van der Waals surface area contributed by atoms with Crippen LogP contribution in [0.1, 0.15) is 42.3 Å².